The minimum atomic E-state index is -0.00535. The Morgan fingerprint density at radius 3 is 2.67 bits per heavy atom. The number of carbonyl (C=O) groups is 1. The number of para-hydroxylation sites is 1. The van der Waals surface area contributed by atoms with Gasteiger partial charge in [-0.3, -0.25) is 14.3 Å². The van der Waals surface area contributed by atoms with Crippen LogP contribution in [0.4, 0.5) is 0 Å². The molecule has 0 N–H and O–H groups in total. The Morgan fingerprint density at radius 1 is 1.18 bits per heavy atom. The monoisotopic (exact) mass is 495 g/mol. The lowest BCUT2D eigenvalue weighted by molar-refractivity contribution is -0.128. The average Bonchev–Trinajstić information content (AvgIpc) is 3.44. The molecule has 0 radical (unpaired) electrons. The van der Waals surface area contributed by atoms with E-state index >= 15 is 0 Å². The van der Waals surface area contributed by atoms with Crippen molar-refractivity contribution in [2.24, 2.45) is 0 Å². The van der Waals surface area contributed by atoms with Crippen molar-refractivity contribution >= 4 is 40.6 Å². The lowest BCUT2D eigenvalue weighted by Gasteiger charge is -2.20. The second-order valence-electron chi connectivity index (χ2n) is 7.22. The van der Waals surface area contributed by atoms with Crippen molar-refractivity contribution in [1.82, 2.24) is 24.6 Å². The number of benzene rings is 1. The molecule has 0 saturated heterocycles. The predicted octanol–water partition coefficient (Wildman–Crippen LogP) is 5.66. The summed E-state index contributed by atoms with van der Waals surface area (Å²) >= 11 is 8.90. The fourth-order valence-corrected chi connectivity index (χ4v) is 5.29. The van der Waals surface area contributed by atoms with Crippen molar-refractivity contribution in [3.05, 3.63) is 88.4 Å². The quantitative estimate of drug-likeness (QED) is 0.221. The van der Waals surface area contributed by atoms with Gasteiger partial charge in [0.1, 0.15) is 0 Å². The zero-order valence-corrected chi connectivity index (χ0v) is 20.4. The maximum Gasteiger partial charge on any atom is 0.233 e. The van der Waals surface area contributed by atoms with Gasteiger partial charge >= 0.3 is 0 Å². The topological polar surface area (TPSA) is 63.9 Å². The third kappa shape index (κ3) is 5.52. The van der Waals surface area contributed by atoms with Crippen LogP contribution in [-0.2, 0) is 11.3 Å². The van der Waals surface area contributed by atoms with Gasteiger partial charge in [0.05, 0.1) is 22.3 Å². The Morgan fingerprint density at radius 2 is 1.97 bits per heavy atom. The molecule has 4 rings (SSSR count). The SMILES string of the molecule is C=CCN(Cc1ccc(Cl)s1)C(=O)CSc1nnc(-c2ccncc2)n1-c1ccccc1C. The van der Waals surface area contributed by atoms with Crippen LogP contribution in [0.5, 0.6) is 0 Å². The molecule has 168 valence electrons. The molecule has 0 aliphatic heterocycles. The van der Waals surface area contributed by atoms with Crippen LogP contribution < -0.4 is 0 Å². The number of carbonyl (C=O) groups excluding carboxylic acids is 1. The molecule has 3 aromatic heterocycles. The first-order chi connectivity index (χ1) is 16.1. The Kier molecular flexibility index (Phi) is 7.59. The Labute approximate surface area is 206 Å². The molecule has 1 amide bonds. The van der Waals surface area contributed by atoms with Crippen LogP contribution >= 0.6 is 34.7 Å². The van der Waals surface area contributed by atoms with E-state index in [1.165, 1.54) is 23.1 Å². The van der Waals surface area contributed by atoms with Crippen LogP contribution in [0.3, 0.4) is 0 Å². The largest absolute Gasteiger partial charge is 0.333 e. The molecule has 0 spiro atoms. The summed E-state index contributed by atoms with van der Waals surface area (Å²) in [7, 11) is 0. The summed E-state index contributed by atoms with van der Waals surface area (Å²) in [4.78, 5) is 20.0. The zero-order valence-electron chi connectivity index (χ0n) is 18.0. The number of nitrogens with zero attached hydrogens (tertiary/aromatic N) is 5. The fraction of sp³-hybridized carbons (Fsp3) is 0.167. The second-order valence-corrected chi connectivity index (χ2v) is 9.96. The second kappa shape index (κ2) is 10.8. The number of pyridine rings is 1. The molecule has 1 aromatic carbocycles. The number of thiophene rings is 1. The van der Waals surface area contributed by atoms with Gasteiger partial charge in [-0.25, -0.2) is 0 Å². The van der Waals surface area contributed by atoms with Gasteiger partial charge in [-0.15, -0.1) is 28.1 Å². The van der Waals surface area contributed by atoms with Crippen LogP contribution in [0, 0.1) is 6.92 Å². The molecule has 0 aliphatic carbocycles. The van der Waals surface area contributed by atoms with Crippen molar-refractivity contribution in [1.29, 1.82) is 0 Å². The van der Waals surface area contributed by atoms with Crippen LogP contribution in [0.2, 0.25) is 4.34 Å². The first kappa shape index (κ1) is 23.2. The van der Waals surface area contributed by atoms with Gasteiger partial charge < -0.3 is 4.90 Å². The molecular formula is C24H22ClN5OS2. The highest BCUT2D eigenvalue weighted by Crippen LogP contribution is 2.30. The lowest BCUT2D eigenvalue weighted by atomic mass is 10.2. The summed E-state index contributed by atoms with van der Waals surface area (Å²) in [6, 6.07) is 15.6. The van der Waals surface area contributed by atoms with Crippen LogP contribution in [0.15, 0.2) is 78.7 Å². The summed E-state index contributed by atoms with van der Waals surface area (Å²) in [5.41, 5.74) is 2.96. The molecule has 4 aromatic rings. The third-order valence-electron chi connectivity index (χ3n) is 4.93. The fourth-order valence-electron chi connectivity index (χ4n) is 3.34. The molecule has 0 fully saturated rings. The van der Waals surface area contributed by atoms with E-state index in [1.807, 2.05) is 60.0 Å². The molecule has 6 nitrogen and oxygen atoms in total. The van der Waals surface area contributed by atoms with E-state index in [9.17, 15) is 4.79 Å². The van der Waals surface area contributed by atoms with Crippen molar-refractivity contribution in [3.63, 3.8) is 0 Å². The van der Waals surface area contributed by atoms with Gasteiger partial charge in [0.25, 0.3) is 0 Å². The Balaban J connectivity index is 1.60. The number of aromatic nitrogens is 4. The van der Waals surface area contributed by atoms with Gasteiger partial charge in [0.15, 0.2) is 11.0 Å². The number of amides is 1. The van der Waals surface area contributed by atoms with E-state index < -0.39 is 0 Å². The van der Waals surface area contributed by atoms with Gasteiger partial charge in [0.2, 0.25) is 5.91 Å². The summed E-state index contributed by atoms with van der Waals surface area (Å²) in [6.07, 6.45) is 5.19. The maximum absolute atomic E-state index is 13.1. The van der Waals surface area contributed by atoms with E-state index in [-0.39, 0.29) is 11.7 Å². The third-order valence-corrected chi connectivity index (χ3v) is 7.06. The number of thioether (sulfide) groups is 1. The van der Waals surface area contributed by atoms with Gasteiger partial charge in [-0.1, -0.05) is 47.6 Å². The number of aryl methyl sites for hydroxylation is 1. The van der Waals surface area contributed by atoms with Crippen LogP contribution in [0.25, 0.3) is 17.1 Å². The number of hydrogen-bond acceptors (Lipinski definition) is 6. The molecule has 0 atom stereocenters. The number of hydrogen-bond donors (Lipinski definition) is 0. The predicted molar refractivity (Wildman–Crippen MR) is 135 cm³/mol. The molecule has 0 bridgehead atoms. The van der Waals surface area contributed by atoms with Crippen molar-refractivity contribution in [3.8, 4) is 17.1 Å². The highest BCUT2D eigenvalue weighted by molar-refractivity contribution is 7.99. The highest BCUT2D eigenvalue weighted by Gasteiger charge is 2.20. The normalized spacial score (nSPS) is 10.8. The number of rotatable bonds is 9. The summed E-state index contributed by atoms with van der Waals surface area (Å²) in [6.45, 7) is 6.79. The zero-order chi connectivity index (χ0) is 23.2. The van der Waals surface area contributed by atoms with E-state index in [0.717, 1.165) is 21.7 Å². The van der Waals surface area contributed by atoms with Gasteiger partial charge in [-0.05, 0) is 42.8 Å². The van der Waals surface area contributed by atoms with Crippen molar-refractivity contribution in [2.75, 3.05) is 12.3 Å². The van der Waals surface area contributed by atoms with Crippen molar-refractivity contribution < 1.29 is 4.79 Å². The Hall–Kier alpha value is -2.94. The van der Waals surface area contributed by atoms with Gasteiger partial charge in [-0.2, -0.15) is 0 Å². The summed E-state index contributed by atoms with van der Waals surface area (Å²) in [5, 5.41) is 9.52. The minimum Gasteiger partial charge on any atom is -0.333 e. The van der Waals surface area contributed by atoms with E-state index in [4.69, 9.17) is 11.6 Å². The number of halogens is 1. The van der Waals surface area contributed by atoms with Gasteiger partial charge in [0, 0.05) is 29.4 Å². The van der Waals surface area contributed by atoms with E-state index in [1.54, 1.807) is 23.4 Å². The lowest BCUT2D eigenvalue weighted by Crippen LogP contribution is -2.31. The molecule has 0 aliphatic rings. The van der Waals surface area contributed by atoms with Crippen molar-refractivity contribution in [2.45, 2.75) is 18.6 Å². The standard InChI is InChI=1S/C24H22ClN5OS2/c1-3-14-29(15-19-8-9-21(25)33-19)22(31)16-32-24-28-27-23(18-10-12-26-13-11-18)30(24)20-7-5-4-6-17(20)2/h3-13H,1,14-16H2,2H3. The molecule has 0 unspecified atom stereocenters. The Bertz CT molecular complexity index is 1250. The highest BCUT2D eigenvalue weighted by atomic mass is 35.5. The summed E-state index contributed by atoms with van der Waals surface area (Å²) in [5.74, 6) is 0.930. The maximum atomic E-state index is 13.1. The smallest absolute Gasteiger partial charge is 0.233 e. The minimum absolute atomic E-state index is 0.00535. The molecule has 33 heavy (non-hydrogen) atoms. The molecular weight excluding hydrogens is 474 g/mol. The van der Waals surface area contributed by atoms with E-state index in [0.29, 0.717) is 28.4 Å². The molecule has 0 saturated carbocycles. The van der Waals surface area contributed by atoms with Crippen LogP contribution in [0.1, 0.15) is 10.4 Å². The summed E-state index contributed by atoms with van der Waals surface area (Å²) < 4.78 is 2.71. The first-order valence-corrected chi connectivity index (χ1v) is 12.4. The first-order valence-electron chi connectivity index (χ1n) is 10.2. The average molecular weight is 496 g/mol. The van der Waals surface area contributed by atoms with E-state index in [2.05, 4.69) is 21.8 Å². The van der Waals surface area contributed by atoms with Crippen LogP contribution in [-0.4, -0.2) is 42.9 Å². The molecule has 3 heterocycles. The molecule has 9 heteroatoms.